The van der Waals surface area contributed by atoms with Crippen molar-refractivity contribution in [1.82, 2.24) is 9.88 Å². The maximum atomic E-state index is 12.8. The summed E-state index contributed by atoms with van der Waals surface area (Å²) in [5, 5.41) is 10.0. The zero-order chi connectivity index (χ0) is 20.1. The molecule has 5 heteroatoms. The van der Waals surface area contributed by atoms with Crippen LogP contribution in [0.4, 0.5) is 0 Å². The molecule has 4 rings (SSSR count). The van der Waals surface area contributed by atoms with E-state index < -0.39 is 0 Å². The molecule has 29 heavy (non-hydrogen) atoms. The first-order chi connectivity index (χ1) is 14.2. The second kappa shape index (κ2) is 9.23. The Balaban J connectivity index is 1.34. The molecule has 1 aromatic carbocycles. The summed E-state index contributed by atoms with van der Waals surface area (Å²) in [6.45, 7) is 1.27. The highest BCUT2D eigenvalue weighted by Crippen LogP contribution is 2.35. The number of piperidine rings is 1. The summed E-state index contributed by atoms with van der Waals surface area (Å²) in [7, 11) is 0. The van der Waals surface area contributed by atoms with E-state index in [4.69, 9.17) is 4.74 Å². The van der Waals surface area contributed by atoms with Crippen molar-refractivity contribution in [2.45, 2.75) is 50.9 Å². The summed E-state index contributed by atoms with van der Waals surface area (Å²) in [6, 6.07) is 11.8. The van der Waals surface area contributed by atoms with Crippen LogP contribution in [0.1, 0.15) is 43.2 Å². The zero-order valence-corrected chi connectivity index (χ0v) is 16.6. The highest BCUT2D eigenvalue weighted by molar-refractivity contribution is 5.92. The largest absolute Gasteiger partial charge is 0.489 e. The zero-order valence-electron chi connectivity index (χ0n) is 16.6. The number of carbonyl (C=O) groups excluding carboxylic acids is 1. The number of rotatable bonds is 5. The quantitative estimate of drug-likeness (QED) is 0.786. The van der Waals surface area contributed by atoms with Crippen molar-refractivity contribution < 1.29 is 14.6 Å². The van der Waals surface area contributed by atoms with Gasteiger partial charge in [0.2, 0.25) is 5.91 Å². The normalized spacial score (nSPS) is 24.3. The summed E-state index contributed by atoms with van der Waals surface area (Å²) in [5.74, 6) is 1.37. The minimum Gasteiger partial charge on any atom is -0.489 e. The van der Waals surface area contributed by atoms with Crippen LogP contribution in [0.3, 0.4) is 0 Å². The first kappa shape index (κ1) is 19.6. The van der Waals surface area contributed by atoms with E-state index in [0.29, 0.717) is 18.9 Å². The molecule has 1 amide bonds. The Morgan fingerprint density at radius 3 is 2.86 bits per heavy atom. The van der Waals surface area contributed by atoms with Crippen LogP contribution in [0.2, 0.25) is 0 Å². The fourth-order valence-corrected chi connectivity index (χ4v) is 4.46. The smallest absolute Gasteiger partial charge is 0.246 e. The first-order valence-electron chi connectivity index (χ1n) is 10.5. The highest BCUT2D eigenvalue weighted by atomic mass is 16.5. The Morgan fingerprint density at radius 2 is 2.07 bits per heavy atom. The average Bonchev–Trinajstić information content (AvgIpc) is 2.77. The predicted octanol–water partition coefficient (Wildman–Crippen LogP) is 3.83. The Kier molecular flexibility index (Phi) is 6.25. The van der Waals surface area contributed by atoms with Gasteiger partial charge in [0.1, 0.15) is 12.4 Å². The molecule has 1 saturated carbocycles. The van der Waals surface area contributed by atoms with Crippen LogP contribution in [0, 0.1) is 5.92 Å². The van der Waals surface area contributed by atoms with E-state index in [0.717, 1.165) is 42.7 Å². The van der Waals surface area contributed by atoms with E-state index >= 15 is 0 Å². The van der Waals surface area contributed by atoms with Crippen LogP contribution < -0.4 is 4.74 Å². The third-order valence-electron chi connectivity index (χ3n) is 6.01. The summed E-state index contributed by atoms with van der Waals surface area (Å²) in [6.07, 6.45) is 11.6. The van der Waals surface area contributed by atoms with Crippen molar-refractivity contribution in [3.8, 4) is 5.75 Å². The molecule has 1 aliphatic heterocycles. The number of carbonyl (C=O) groups is 1. The lowest BCUT2D eigenvalue weighted by Gasteiger charge is -2.45. The Hall–Kier alpha value is -2.66. The van der Waals surface area contributed by atoms with Crippen LogP contribution in [0.15, 0.2) is 54.9 Å². The number of ether oxygens (including phenoxy) is 1. The van der Waals surface area contributed by atoms with E-state index in [1.165, 1.54) is 6.42 Å². The number of hydrogen-bond donors (Lipinski definition) is 1. The molecule has 2 heterocycles. The molecule has 3 atom stereocenters. The molecule has 1 aromatic heterocycles. The molecule has 1 N–H and O–H groups in total. The lowest BCUT2D eigenvalue weighted by atomic mass is 9.77. The monoisotopic (exact) mass is 392 g/mol. The molecule has 5 nitrogen and oxygen atoms in total. The number of nitrogens with zero attached hydrogens (tertiary/aromatic N) is 2. The molecular formula is C24H28N2O3. The molecule has 0 radical (unpaired) electrons. The van der Waals surface area contributed by atoms with Crippen LogP contribution in [-0.4, -0.2) is 39.6 Å². The summed E-state index contributed by atoms with van der Waals surface area (Å²) < 4.78 is 5.77. The molecule has 2 aromatic rings. The van der Waals surface area contributed by atoms with E-state index in [-0.39, 0.29) is 18.1 Å². The van der Waals surface area contributed by atoms with Crippen molar-refractivity contribution in [3.63, 3.8) is 0 Å². The lowest BCUT2D eigenvalue weighted by Crippen LogP contribution is -2.51. The van der Waals surface area contributed by atoms with Gasteiger partial charge in [-0.3, -0.25) is 9.78 Å². The third kappa shape index (κ3) is 5.04. The van der Waals surface area contributed by atoms with Gasteiger partial charge in [-0.15, -0.1) is 0 Å². The molecule has 2 fully saturated rings. The van der Waals surface area contributed by atoms with Gasteiger partial charge in [-0.05, 0) is 67.9 Å². The molecule has 152 valence electrons. The summed E-state index contributed by atoms with van der Waals surface area (Å²) in [5.41, 5.74) is 1.99. The van der Waals surface area contributed by atoms with Gasteiger partial charge in [0.25, 0.3) is 0 Å². The van der Waals surface area contributed by atoms with Gasteiger partial charge in [0.05, 0.1) is 6.10 Å². The third-order valence-corrected chi connectivity index (χ3v) is 6.01. The van der Waals surface area contributed by atoms with Gasteiger partial charge < -0.3 is 14.7 Å². The Morgan fingerprint density at radius 1 is 1.21 bits per heavy atom. The maximum Gasteiger partial charge on any atom is 0.246 e. The van der Waals surface area contributed by atoms with Crippen molar-refractivity contribution in [2.24, 2.45) is 5.92 Å². The molecule has 0 spiro atoms. The van der Waals surface area contributed by atoms with Gasteiger partial charge in [0, 0.05) is 36.6 Å². The van der Waals surface area contributed by atoms with Gasteiger partial charge in [0.15, 0.2) is 0 Å². The molecule has 0 bridgehead atoms. The van der Waals surface area contributed by atoms with Crippen molar-refractivity contribution in [2.75, 3.05) is 6.54 Å². The number of hydrogen-bond acceptors (Lipinski definition) is 4. The minimum atomic E-state index is -0.271. The number of amides is 1. The fourth-order valence-electron chi connectivity index (χ4n) is 4.46. The molecule has 1 saturated heterocycles. The van der Waals surface area contributed by atoms with E-state index in [1.807, 2.05) is 47.4 Å². The van der Waals surface area contributed by atoms with Crippen molar-refractivity contribution in [1.29, 1.82) is 0 Å². The minimum absolute atomic E-state index is 0.0469. The maximum absolute atomic E-state index is 12.8. The highest BCUT2D eigenvalue weighted by Gasteiger charge is 2.37. The average molecular weight is 392 g/mol. The Bertz CT molecular complexity index is 835. The second-order valence-corrected chi connectivity index (χ2v) is 8.02. The second-order valence-electron chi connectivity index (χ2n) is 8.02. The molecule has 0 unspecified atom stereocenters. The fraction of sp³-hybridized carbons (Fsp3) is 0.417. The SMILES string of the molecule is O=C(/C=C/c1ccc(OCc2cccnc2)cc1)N1CCC[C@H]2CC[C@@H](O)C[C@H]21. The summed E-state index contributed by atoms with van der Waals surface area (Å²) in [4.78, 5) is 18.8. The number of likely N-dealkylation sites (tertiary alicyclic amines) is 1. The number of pyridine rings is 1. The molecule has 1 aliphatic carbocycles. The lowest BCUT2D eigenvalue weighted by molar-refractivity contribution is -0.133. The van der Waals surface area contributed by atoms with Gasteiger partial charge in [-0.2, -0.15) is 0 Å². The topological polar surface area (TPSA) is 62.7 Å². The standard InChI is InChI=1S/C24H28N2O3/c27-21-9-8-20-4-2-14-26(23(20)15-21)24(28)12-7-18-5-10-22(11-6-18)29-17-19-3-1-13-25-16-19/h1,3,5-7,10-13,16,20-21,23,27H,2,4,8-9,14-15,17H2/b12-7+/t20-,21+,23+/m0/s1. The molecular weight excluding hydrogens is 364 g/mol. The van der Waals surface area contributed by atoms with Crippen LogP contribution >= 0.6 is 0 Å². The van der Waals surface area contributed by atoms with E-state index in [1.54, 1.807) is 18.5 Å². The molecule has 2 aliphatic rings. The number of fused-ring (bicyclic) bond motifs is 1. The van der Waals surface area contributed by atoms with Crippen LogP contribution in [0.5, 0.6) is 5.75 Å². The summed E-state index contributed by atoms with van der Waals surface area (Å²) >= 11 is 0. The van der Waals surface area contributed by atoms with Crippen LogP contribution in [0.25, 0.3) is 6.08 Å². The number of aromatic nitrogens is 1. The van der Waals surface area contributed by atoms with Gasteiger partial charge in [-0.1, -0.05) is 18.2 Å². The van der Waals surface area contributed by atoms with Gasteiger partial charge in [-0.25, -0.2) is 0 Å². The van der Waals surface area contributed by atoms with Crippen molar-refractivity contribution >= 4 is 12.0 Å². The van der Waals surface area contributed by atoms with Crippen LogP contribution in [-0.2, 0) is 11.4 Å². The predicted molar refractivity (Wildman–Crippen MR) is 112 cm³/mol. The van der Waals surface area contributed by atoms with E-state index in [2.05, 4.69) is 4.98 Å². The number of aliphatic hydroxyl groups excluding tert-OH is 1. The van der Waals surface area contributed by atoms with Crippen molar-refractivity contribution in [3.05, 3.63) is 66.0 Å². The van der Waals surface area contributed by atoms with Gasteiger partial charge >= 0.3 is 0 Å². The van der Waals surface area contributed by atoms with E-state index in [9.17, 15) is 9.90 Å². The number of benzene rings is 1. The first-order valence-corrected chi connectivity index (χ1v) is 10.5. The Labute approximate surface area is 172 Å². The number of aliphatic hydroxyl groups is 1.